The van der Waals surface area contributed by atoms with Gasteiger partial charge in [0.2, 0.25) is 5.91 Å². The van der Waals surface area contributed by atoms with Gasteiger partial charge in [0.1, 0.15) is 6.10 Å². The van der Waals surface area contributed by atoms with Gasteiger partial charge in [-0.15, -0.1) is 0 Å². The molecule has 36 heavy (non-hydrogen) atoms. The average Bonchev–Trinajstić information content (AvgIpc) is 3.63. The lowest BCUT2D eigenvalue weighted by Crippen LogP contribution is -2.78. The van der Waals surface area contributed by atoms with E-state index in [9.17, 15) is 15.0 Å². The van der Waals surface area contributed by atoms with E-state index in [4.69, 9.17) is 4.74 Å². The summed E-state index contributed by atoms with van der Waals surface area (Å²) in [7, 11) is 1.90. The third kappa shape index (κ3) is 3.07. The van der Waals surface area contributed by atoms with Gasteiger partial charge in [-0.3, -0.25) is 9.69 Å². The zero-order valence-corrected chi connectivity index (χ0v) is 21.0. The Kier molecular flexibility index (Phi) is 5.00. The number of aromatic hydroxyl groups is 1. The number of rotatable bonds is 6. The van der Waals surface area contributed by atoms with Crippen LogP contribution in [0.1, 0.15) is 55.2 Å². The zero-order valence-electron chi connectivity index (χ0n) is 21.0. The van der Waals surface area contributed by atoms with E-state index in [1.165, 1.54) is 18.4 Å². The fraction of sp³-hybridized carbons (Fsp3) is 0.567. The summed E-state index contributed by atoms with van der Waals surface area (Å²) < 4.78 is 6.63. The Balaban J connectivity index is 1.23. The topological polar surface area (TPSA) is 73.2 Å². The number of likely N-dealkylation sites (tertiary alicyclic amines) is 1. The van der Waals surface area contributed by atoms with Gasteiger partial charge in [-0.2, -0.15) is 0 Å². The van der Waals surface area contributed by atoms with Gasteiger partial charge in [0, 0.05) is 31.6 Å². The smallest absolute Gasteiger partial charge is 0.223 e. The summed E-state index contributed by atoms with van der Waals surface area (Å²) >= 11 is 0. The number of phenols is 1. The molecule has 5 atom stereocenters. The molecule has 2 N–H and O–H groups in total. The number of piperidine rings is 1. The van der Waals surface area contributed by atoms with Crippen LogP contribution in [0.2, 0.25) is 0 Å². The third-order valence-corrected chi connectivity index (χ3v) is 10.1. The lowest BCUT2D eigenvalue weighted by atomic mass is 9.48. The van der Waals surface area contributed by atoms with Crippen LogP contribution in [0.25, 0.3) is 0 Å². The molecule has 0 aromatic heterocycles. The number of aliphatic hydroxyl groups is 1. The zero-order chi connectivity index (χ0) is 24.7. The molecule has 1 spiro atoms. The minimum atomic E-state index is -0.915. The molecule has 2 aromatic carbocycles. The number of amides is 1. The second-order valence-corrected chi connectivity index (χ2v) is 11.9. The molecule has 0 radical (unpaired) electrons. The summed E-state index contributed by atoms with van der Waals surface area (Å²) in [6.45, 7) is 1.99. The van der Waals surface area contributed by atoms with E-state index < -0.39 is 11.0 Å². The molecule has 190 valence electrons. The minimum Gasteiger partial charge on any atom is -0.504 e. The lowest BCUT2D eigenvalue weighted by molar-refractivity contribution is -0.200. The van der Waals surface area contributed by atoms with Crippen LogP contribution in [-0.4, -0.2) is 69.8 Å². The van der Waals surface area contributed by atoms with Crippen LogP contribution >= 0.6 is 0 Å². The largest absolute Gasteiger partial charge is 0.504 e. The first kappa shape index (κ1) is 22.6. The second-order valence-electron chi connectivity index (χ2n) is 11.9. The van der Waals surface area contributed by atoms with Gasteiger partial charge in [-0.1, -0.05) is 36.4 Å². The quantitative estimate of drug-likeness (QED) is 0.652. The first-order valence-electron chi connectivity index (χ1n) is 13.7. The van der Waals surface area contributed by atoms with E-state index in [1.807, 2.05) is 36.2 Å². The number of carbonyl (C=O) groups excluding carboxylic acids is 1. The Bertz CT molecular complexity index is 1200. The molecule has 6 nitrogen and oxygen atoms in total. The molecule has 2 saturated carbocycles. The Hall–Kier alpha value is -2.57. The number of likely N-dealkylation sites (N-methyl/N-ethyl adjacent to an activating group) is 1. The van der Waals surface area contributed by atoms with Crippen LogP contribution in [0, 0.1) is 5.92 Å². The van der Waals surface area contributed by atoms with Gasteiger partial charge >= 0.3 is 0 Å². The summed E-state index contributed by atoms with van der Waals surface area (Å²) in [6.07, 6.45) is 6.33. The van der Waals surface area contributed by atoms with Crippen molar-refractivity contribution in [3.8, 4) is 11.5 Å². The van der Waals surface area contributed by atoms with Gasteiger partial charge in [0.05, 0.1) is 17.1 Å². The van der Waals surface area contributed by atoms with Crippen molar-refractivity contribution in [1.82, 2.24) is 9.80 Å². The number of aryl methyl sites for hydroxylation is 1. The van der Waals surface area contributed by atoms with Crippen molar-refractivity contribution in [2.24, 2.45) is 5.92 Å². The highest BCUT2D eigenvalue weighted by Crippen LogP contribution is 2.66. The molecule has 1 saturated heterocycles. The fourth-order valence-electron chi connectivity index (χ4n) is 8.11. The predicted molar refractivity (Wildman–Crippen MR) is 136 cm³/mol. The van der Waals surface area contributed by atoms with Crippen molar-refractivity contribution in [3.63, 3.8) is 0 Å². The number of nitrogens with zero attached hydrogens (tertiary/aromatic N) is 2. The highest BCUT2D eigenvalue weighted by atomic mass is 16.5. The highest BCUT2D eigenvalue weighted by Gasteiger charge is 2.73. The van der Waals surface area contributed by atoms with Crippen molar-refractivity contribution in [2.75, 3.05) is 20.1 Å². The van der Waals surface area contributed by atoms with Crippen LogP contribution in [0.4, 0.5) is 0 Å². The molecule has 6 heteroatoms. The van der Waals surface area contributed by atoms with Gasteiger partial charge in [0.15, 0.2) is 11.5 Å². The van der Waals surface area contributed by atoms with E-state index in [2.05, 4.69) is 17.0 Å². The van der Waals surface area contributed by atoms with Crippen LogP contribution < -0.4 is 4.74 Å². The molecule has 3 fully saturated rings. The predicted octanol–water partition coefficient (Wildman–Crippen LogP) is 3.42. The Morgan fingerprint density at radius 1 is 1.14 bits per heavy atom. The Morgan fingerprint density at radius 3 is 2.72 bits per heavy atom. The van der Waals surface area contributed by atoms with Crippen LogP contribution in [0.5, 0.6) is 11.5 Å². The van der Waals surface area contributed by atoms with Crippen LogP contribution in [0.15, 0.2) is 42.5 Å². The number of carbonyl (C=O) groups is 1. The monoisotopic (exact) mass is 488 g/mol. The van der Waals surface area contributed by atoms with Gasteiger partial charge in [-0.05, 0) is 74.6 Å². The summed E-state index contributed by atoms with van der Waals surface area (Å²) in [4.78, 5) is 17.8. The standard InChI is InChI=1S/C30H36N2O4/c1-31(25(34)12-9-19-5-3-2-4-6-19)22-13-14-30(35)24-17-21-10-11-23(33)27-26(21)29(30,28(22)36-27)15-16-32(24)18-20-7-8-20/h2-6,10-11,20,22,24,28,33,35H,7-9,12-18H2,1H3/t22-,24-,28+,29+,30-/m1/s1. The van der Waals surface area contributed by atoms with Gasteiger partial charge in [0.25, 0.3) is 0 Å². The number of hydrogen-bond acceptors (Lipinski definition) is 5. The van der Waals surface area contributed by atoms with E-state index in [-0.39, 0.29) is 29.8 Å². The number of hydrogen-bond donors (Lipinski definition) is 2. The fourth-order valence-corrected chi connectivity index (χ4v) is 8.11. The molecule has 0 unspecified atom stereocenters. The lowest BCUT2D eigenvalue weighted by Gasteiger charge is -2.64. The minimum absolute atomic E-state index is 0.0565. The first-order chi connectivity index (χ1) is 17.4. The molecule has 2 aliphatic heterocycles. The molecule has 1 amide bonds. The van der Waals surface area contributed by atoms with Crippen molar-refractivity contribution in [3.05, 3.63) is 59.2 Å². The summed E-state index contributed by atoms with van der Waals surface area (Å²) in [6, 6.07) is 13.8. The maximum absolute atomic E-state index is 13.4. The molecule has 2 bridgehead atoms. The maximum atomic E-state index is 13.4. The number of benzene rings is 2. The van der Waals surface area contributed by atoms with Crippen molar-refractivity contribution >= 4 is 5.91 Å². The highest BCUT2D eigenvalue weighted by molar-refractivity contribution is 5.77. The Morgan fingerprint density at radius 2 is 1.94 bits per heavy atom. The van der Waals surface area contributed by atoms with Crippen molar-refractivity contribution < 1.29 is 19.7 Å². The van der Waals surface area contributed by atoms with E-state index >= 15 is 0 Å². The summed E-state index contributed by atoms with van der Waals surface area (Å²) in [5.41, 5.74) is 1.87. The van der Waals surface area contributed by atoms with E-state index in [0.29, 0.717) is 31.4 Å². The molecule has 5 aliphatic rings. The van der Waals surface area contributed by atoms with E-state index in [0.717, 1.165) is 43.0 Å². The second kappa shape index (κ2) is 7.96. The summed E-state index contributed by atoms with van der Waals surface area (Å²) in [5, 5.41) is 23.4. The first-order valence-corrected chi connectivity index (χ1v) is 13.7. The normalized spacial score (nSPS) is 34.1. The van der Waals surface area contributed by atoms with E-state index in [1.54, 1.807) is 6.07 Å². The molecule has 7 rings (SSSR count). The third-order valence-electron chi connectivity index (χ3n) is 10.1. The number of ether oxygens (including phenoxy) is 1. The van der Waals surface area contributed by atoms with Gasteiger partial charge < -0.3 is 19.8 Å². The average molecular weight is 489 g/mol. The maximum Gasteiger partial charge on any atom is 0.223 e. The summed E-state index contributed by atoms with van der Waals surface area (Å²) in [5.74, 6) is 1.56. The Labute approximate surface area is 212 Å². The van der Waals surface area contributed by atoms with Crippen LogP contribution in [-0.2, 0) is 23.1 Å². The van der Waals surface area contributed by atoms with Crippen molar-refractivity contribution in [2.45, 2.75) is 80.6 Å². The molecular formula is C30H36N2O4. The van der Waals surface area contributed by atoms with Gasteiger partial charge in [-0.25, -0.2) is 0 Å². The van der Waals surface area contributed by atoms with Crippen LogP contribution in [0.3, 0.4) is 0 Å². The number of phenolic OH excluding ortho intramolecular Hbond substituents is 1. The molecular weight excluding hydrogens is 452 g/mol. The molecule has 3 aliphatic carbocycles. The molecule has 2 aromatic rings. The molecule has 2 heterocycles. The SMILES string of the molecule is CN(C(=O)CCc1ccccc1)[C@@H]1CC[C@@]2(O)[C@H]3Cc4ccc(O)c5c4[C@@]2(CCN3CC2CC2)[C@H]1O5. The van der Waals surface area contributed by atoms with Crippen molar-refractivity contribution in [1.29, 1.82) is 0 Å².